The topological polar surface area (TPSA) is 70.4 Å². The van der Waals surface area contributed by atoms with E-state index in [0.717, 1.165) is 4.90 Å². The van der Waals surface area contributed by atoms with Gasteiger partial charge in [-0.1, -0.05) is 0 Å². The van der Waals surface area contributed by atoms with E-state index in [9.17, 15) is 9.59 Å². The van der Waals surface area contributed by atoms with Crippen LogP contribution in [0.1, 0.15) is 12.8 Å². The number of imide groups is 1. The minimum atomic E-state index is -0.692. The average Bonchev–Trinajstić information content (AvgIpc) is 2.11. The predicted molar refractivity (Wildman–Crippen MR) is 40.0 cm³/mol. The summed E-state index contributed by atoms with van der Waals surface area (Å²) < 4.78 is 4.31. The van der Waals surface area contributed by atoms with E-state index in [4.69, 9.17) is 5.26 Å². The second-order valence-electron chi connectivity index (χ2n) is 2.03. The molecule has 0 saturated carbocycles. The van der Waals surface area contributed by atoms with Crippen LogP contribution in [-0.4, -0.2) is 31.1 Å². The maximum absolute atomic E-state index is 10.7. The zero-order chi connectivity index (χ0) is 9.40. The van der Waals surface area contributed by atoms with Gasteiger partial charge in [-0.25, -0.2) is 4.79 Å². The summed E-state index contributed by atoms with van der Waals surface area (Å²) in [5.74, 6) is 0. The number of carbonyl (C=O) groups excluding carboxylic acids is 2. The molecule has 0 aliphatic heterocycles. The normalized spacial score (nSPS) is 8.33. The molecule has 12 heavy (non-hydrogen) atoms. The van der Waals surface area contributed by atoms with Crippen LogP contribution >= 0.6 is 0 Å². The van der Waals surface area contributed by atoms with Crippen LogP contribution in [0.5, 0.6) is 0 Å². The Balaban J connectivity index is 3.77. The highest BCUT2D eigenvalue weighted by Gasteiger charge is 2.10. The Labute approximate surface area is 70.5 Å². The quantitative estimate of drug-likeness (QED) is 0.455. The minimum absolute atomic E-state index is 0.226. The van der Waals surface area contributed by atoms with Crippen LogP contribution in [0.15, 0.2) is 0 Å². The van der Waals surface area contributed by atoms with Crippen molar-refractivity contribution < 1.29 is 14.3 Å². The van der Waals surface area contributed by atoms with Crippen molar-refractivity contribution in [3.63, 3.8) is 0 Å². The third-order valence-electron chi connectivity index (χ3n) is 1.22. The van der Waals surface area contributed by atoms with Gasteiger partial charge < -0.3 is 4.74 Å². The van der Waals surface area contributed by atoms with E-state index in [1.54, 1.807) is 0 Å². The Bertz CT molecular complexity index is 197. The lowest BCUT2D eigenvalue weighted by Crippen LogP contribution is -2.30. The number of hydrogen-bond acceptors (Lipinski definition) is 4. The van der Waals surface area contributed by atoms with Crippen LogP contribution in [-0.2, 0) is 9.53 Å². The minimum Gasteiger partial charge on any atom is -0.452 e. The van der Waals surface area contributed by atoms with Gasteiger partial charge in [0.25, 0.3) is 0 Å². The van der Waals surface area contributed by atoms with Gasteiger partial charge in [0.1, 0.15) is 0 Å². The van der Waals surface area contributed by atoms with Crippen LogP contribution in [0.2, 0.25) is 0 Å². The van der Waals surface area contributed by atoms with E-state index in [1.165, 1.54) is 7.11 Å². The standard InChI is InChI=1S/C7H10N2O3/c1-12-7(11)9(6-10)5-3-2-4-8/h6H,2-3,5H2,1H3. The molecule has 0 aromatic carbocycles. The van der Waals surface area contributed by atoms with E-state index >= 15 is 0 Å². The zero-order valence-electron chi connectivity index (χ0n) is 6.82. The van der Waals surface area contributed by atoms with E-state index in [2.05, 4.69) is 4.74 Å². The Kier molecular flexibility index (Phi) is 5.35. The number of nitrogens with zero attached hydrogens (tertiary/aromatic N) is 2. The van der Waals surface area contributed by atoms with Crippen molar-refractivity contribution in [1.29, 1.82) is 5.26 Å². The van der Waals surface area contributed by atoms with Gasteiger partial charge >= 0.3 is 6.09 Å². The first-order valence-electron chi connectivity index (χ1n) is 3.43. The lowest BCUT2D eigenvalue weighted by molar-refractivity contribution is -0.116. The average molecular weight is 170 g/mol. The van der Waals surface area contributed by atoms with Gasteiger partial charge in [-0.3, -0.25) is 9.69 Å². The molecule has 0 aliphatic rings. The number of nitriles is 1. The van der Waals surface area contributed by atoms with E-state index in [0.29, 0.717) is 19.3 Å². The van der Waals surface area contributed by atoms with Gasteiger partial charge in [-0.15, -0.1) is 0 Å². The fourth-order valence-corrected chi connectivity index (χ4v) is 0.633. The van der Waals surface area contributed by atoms with Crippen molar-refractivity contribution >= 4 is 12.5 Å². The second-order valence-corrected chi connectivity index (χ2v) is 2.03. The number of hydrogen-bond donors (Lipinski definition) is 0. The fraction of sp³-hybridized carbons (Fsp3) is 0.571. The summed E-state index contributed by atoms with van der Waals surface area (Å²) in [5.41, 5.74) is 0. The summed E-state index contributed by atoms with van der Waals surface area (Å²) in [4.78, 5) is 21.9. The van der Waals surface area contributed by atoms with E-state index < -0.39 is 6.09 Å². The van der Waals surface area contributed by atoms with Gasteiger partial charge in [-0.2, -0.15) is 5.26 Å². The molecule has 0 spiro atoms. The zero-order valence-corrected chi connectivity index (χ0v) is 6.82. The molecule has 5 nitrogen and oxygen atoms in total. The highest BCUT2D eigenvalue weighted by atomic mass is 16.5. The molecular formula is C7H10N2O3. The molecule has 0 fully saturated rings. The Morgan fingerprint density at radius 1 is 1.75 bits per heavy atom. The van der Waals surface area contributed by atoms with Crippen LogP contribution in [0, 0.1) is 11.3 Å². The maximum Gasteiger partial charge on any atom is 0.416 e. The fourth-order valence-electron chi connectivity index (χ4n) is 0.633. The second kappa shape index (κ2) is 6.16. The molecule has 0 heterocycles. The summed E-state index contributed by atoms with van der Waals surface area (Å²) >= 11 is 0. The number of rotatable bonds is 4. The summed E-state index contributed by atoms with van der Waals surface area (Å²) in [6.45, 7) is 0.226. The molecule has 0 aromatic heterocycles. The van der Waals surface area contributed by atoms with E-state index in [-0.39, 0.29) is 6.54 Å². The van der Waals surface area contributed by atoms with Gasteiger partial charge in [0.05, 0.1) is 13.2 Å². The third kappa shape index (κ3) is 3.56. The lowest BCUT2D eigenvalue weighted by Gasteiger charge is -2.11. The monoisotopic (exact) mass is 170 g/mol. The highest BCUT2D eigenvalue weighted by Crippen LogP contribution is 1.94. The molecule has 0 aromatic rings. The molecule has 0 rings (SSSR count). The van der Waals surface area contributed by atoms with Crippen molar-refractivity contribution in [3.05, 3.63) is 0 Å². The first-order valence-corrected chi connectivity index (χ1v) is 3.43. The first-order chi connectivity index (χ1) is 5.76. The van der Waals surface area contributed by atoms with Crippen molar-refractivity contribution in [2.24, 2.45) is 0 Å². The maximum atomic E-state index is 10.7. The Hall–Kier alpha value is -1.57. The molecule has 2 amide bonds. The number of unbranched alkanes of at least 4 members (excludes halogenated alkanes) is 1. The predicted octanol–water partition coefficient (Wildman–Crippen LogP) is 0.515. The van der Waals surface area contributed by atoms with Crippen molar-refractivity contribution in [1.82, 2.24) is 4.90 Å². The first kappa shape index (κ1) is 10.4. The summed E-state index contributed by atoms with van der Waals surface area (Å²) in [7, 11) is 1.20. The molecule has 0 saturated heterocycles. The van der Waals surface area contributed by atoms with Crippen molar-refractivity contribution in [3.8, 4) is 6.07 Å². The van der Waals surface area contributed by atoms with Gasteiger partial charge in [0.2, 0.25) is 6.41 Å². The number of amides is 2. The van der Waals surface area contributed by atoms with Gasteiger partial charge in [-0.05, 0) is 6.42 Å². The Morgan fingerprint density at radius 3 is 2.83 bits per heavy atom. The summed E-state index contributed by atoms with van der Waals surface area (Å²) in [5, 5.41) is 8.17. The van der Waals surface area contributed by atoms with Crippen LogP contribution in [0.4, 0.5) is 4.79 Å². The molecule has 0 aliphatic carbocycles. The van der Waals surface area contributed by atoms with Crippen LogP contribution < -0.4 is 0 Å². The molecule has 0 atom stereocenters. The number of methoxy groups -OCH3 is 1. The summed E-state index contributed by atoms with van der Waals surface area (Å²) in [6.07, 6.45) is 0.498. The molecule has 0 radical (unpaired) electrons. The molecule has 5 heteroatoms. The Morgan fingerprint density at radius 2 is 2.42 bits per heavy atom. The molecule has 0 unspecified atom stereocenters. The van der Waals surface area contributed by atoms with Crippen LogP contribution in [0.3, 0.4) is 0 Å². The smallest absolute Gasteiger partial charge is 0.416 e. The van der Waals surface area contributed by atoms with Crippen molar-refractivity contribution in [2.75, 3.05) is 13.7 Å². The molecular weight excluding hydrogens is 160 g/mol. The molecule has 66 valence electrons. The number of ether oxygens (including phenoxy) is 1. The lowest BCUT2D eigenvalue weighted by atomic mass is 10.3. The molecule has 0 N–H and O–H groups in total. The SMILES string of the molecule is COC(=O)N(C=O)CCCC#N. The molecule has 0 bridgehead atoms. The number of carbonyl (C=O) groups is 2. The highest BCUT2D eigenvalue weighted by molar-refractivity contribution is 5.79. The summed E-state index contributed by atoms with van der Waals surface area (Å²) in [6, 6.07) is 1.91. The van der Waals surface area contributed by atoms with Crippen LogP contribution in [0.25, 0.3) is 0 Å². The van der Waals surface area contributed by atoms with Crippen molar-refractivity contribution in [2.45, 2.75) is 12.8 Å². The largest absolute Gasteiger partial charge is 0.452 e. The third-order valence-corrected chi connectivity index (χ3v) is 1.22. The van der Waals surface area contributed by atoms with Gasteiger partial charge in [0, 0.05) is 13.0 Å². The van der Waals surface area contributed by atoms with Gasteiger partial charge in [0.15, 0.2) is 0 Å². The van der Waals surface area contributed by atoms with E-state index in [1.807, 2.05) is 6.07 Å².